The van der Waals surface area contributed by atoms with Crippen LogP contribution in [-0.4, -0.2) is 46.7 Å². The molecule has 3 amide bonds. The molecule has 0 radical (unpaired) electrons. The predicted molar refractivity (Wildman–Crippen MR) is 123 cm³/mol. The molecule has 8 nitrogen and oxygen atoms in total. The minimum Gasteiger partial charge on any atom is -0.338 e. The standard InChI is InChI=1S/C25H26N4O4/c30-18-29(33)16-21(15-14-19-8-3-1-4-9-19)24(31)26-17-27-25(32)23-13-7-12-22(28-23)20-10-5-2-6-11-20/h1-13,18,21,33H,14-17H2,(H,26,31)(H,27,32)/t21-/m1/s1. The van der Waals surface area contributed by atoms with Crippen molar-refractivity contribution in [3.05, 3.63) is 90.1 Å². The van der Waals surface area contributed by atoms with E-state index in [1.807, 2.05) is 66.7 Å². The third-order valence-corrected chi connectivity index (χ3v) is 5.09. The van der Waals surface area contributed by atoms with Crippen LogP contribution < -0.4 is 10.6 Å². The fourth-order valence-corrected chi connectivity index (χ4v) is 3.34. The number of nitrogens with one attached hydrogen (secondary N) is 2. The van der Waals surface area contributed by atoms with Crippen molar-refractivity contribution in [3.63, 3.8) is 0 Å². The molecule has 8 heteroatoms. The fourth-order valence-electron chi connectivity index (χ4n) is 3.34. The van der Waals surface area contributed by atoms with Crippen molar-refractivity contribution in [2.24, 2.45) is 5.92 Å². The minimum atomic E-state index is -0.642. The molecule has 2 aromatic carbocycles. The molecule has 0 fully saturated rings. The Morgan fingerprint density at radius 2 is 1.64 bits per heavy atom. The van der Waals surface area contributed by atoms with Crippen LogP contribution in [0.1, 0.15) is 22.5 Å². The highest BCUT2D eigenvalue weighted by Gasteiger charge is 2.21. The molecule has 0 aliphatic carbocycles. The molecule has 3 aromatic rings. The van der Waals surface area contributed by atoms with Gasteiger partial charge in [0.1, 0.15) is 5.69 Å². The molecule has 1 atom stereocenters. The van der Waals surface area contributed by atoms with Crippen LogP contribution in [0.2, 0.25) is 0 Å². The fraction of sp³-hybridized carbons (Fsp3) is 0.200. The molecule has 0 saturated carbocycles. The second-order valence-electron chi connectivity index (χ2n) is 7.45. The summed E-state index contributed by atoms with van der Waals surface area (Å²) in [6.07, 6.45) is 1.29. The number of benzene rings is 2. The predicted octanol–water partition coefficient (Wildman–Crippen LogP) is 2.65. The summed E-state index contributed by atoms with van der Waals surface area (Å²) < 4.78 is 0. The number of carbonyl (C=O) groups excluding carboxylic acids is 3. The second-order valence-corrected chi connectivity index (χ2v) is 7.45. The molecule has 33 heavy (non-hydrogen) atoms. The summed E-state index contributed by atoms with van der Waals surface area (Å²) in [4.78, 5) is 40.3. The number of hydrogen-bond donors (Lipinski definition) is 3. The SMILES string of the molecule is O=CN(O)C[C@@H](CCc1ccccc1)C(=O)NCNC(=O)c1cccc(-c2ccccc2)n1. The first-order chi connectivity index (χ1) is 16.1. The normalized spacial score (nSPS) is 11.3. The average molecular weight is 447 g/mol. The van der Waals surface area contributed by atoms with Gasteiger partial charge in [-0.15, -0.1) is 0 Å². The van der Waals surface area contributed by atoms with E-state index in [0.29, 0.717) is 23.6 Å². The first-order valence-electron chi connectivity index (χ1n) is 10.6. The van der Waals surface area contributed by atoms with Gasteiger partial charge >= 0.3 is 0 Å². The summed E-state index contributed by atoms with van der Waals surface area (Å²) in [5, 5.41) is 15.3. The summed E-state index contributed by atoms with van der Waals surface area (Å²) in [6, 6.07) is 24.3. The molecular formula is C25H26N4O4. The van der Waals surface area contributed by atoms with Crippen molar-refractivity contribution >= 4 is 18.2 Å². The summed E-state index contributed by atoms with van der Waals surface area (Å²) >= 11 is 0. The van der Waals surface area contributed by atoms with Gasteiger partial charge in [-0.05, 0) is 30.5 Å². The third kappa shape index (κ3) is 7.26. The molecule has 0 bridgehead atoms. The zero-order chi connectivity index (χ0) is 23.5. The van der Waals surface area contributed by atoms with E-state index in [2.05, 4.69) is 15.6 Å². The number of amides is 3. The number of aromatic nitrogens is 1. The lowest BCUT2D eigenvalue weighted by molar-refractivity contribution is -0.154. The number of carbonyl (C=O) groups is 3. The first-order valence-corrected chi connectivity index (χ1v) is 10.6. The number of aryl methyl sites for hydroxylation is 1. The zero-order valence-electron chi connectivity index (χ0n) is 18.1. The highest BCUT2D eigenvalue weighted by atomic mass is 16.5. The van der Waals surface area contributed by atoms with Crippen LogP contribution in [0.25, 0.3) is 11.3 Å². The summed E-state index contributed by atoms with van der Waals surface area (Å²) in [6.45, 7) is -0.250. The van der Waals surface area contributed by atoms with Crippen molar-refractivity contribution < 1.29 is 19.6 Å². The Hall–Kier alpha value is -4.04. The van der Waals surface area contributed by atoms with Crippen LogP contribution in [0.3, 0.4) is 0 Å². The topological polar surface area (TPSA) is 112 Å². The number of pyridine rings is 1. The minimum absolute atomic E-state index is 0.108. The smallest absolute Gasteiger partial charge is 0.271 e. The quantitative estimate of drug-likeness (QED) is 0.181. The van der Waals surface area contributed by atoms with Crippen molar-refractivity contribution in [1.82, 2.24) is 20.7 Å². The van der Waals surface area contributed by atoms with Crippen LogP contribution in [0.4, 0.5) is 0 Å². The molecule has 0 aliphatic rings. The van der Waals surface area contributed by atoms with Crippen molar-refractivity contribution in [2.75, 3.05) is 13.2 Å². The van der Waals surface area contributed by atoms with E-state index in [0.717, 1.165) is 11.1 Å². The Morgan fingerprint density at radius 1 is 0.939 bits per heavy atom. The molecule has 170 valence electrons. The number of hydroxylamine groups is 2. The summed E-state index contributed by atoms with van der Waals surface area (Å²) in [5.74, 6) is -1.44. The monoisotopic (exact) mass is 446 g/mol. The van der Waals surface area contributed by atoms with E-state index in [4.69, 9.17) is 0 Å². The van der Waals surface area contributed by atoms with Gasteiger partial charge in [-0.1, -0.05) is 66.7 Å². The van der Waals surface area contributed by atoms with Crippen LogP contribution in [-0.2, 0) is 16.0 Å². The van der Waals surface area contributed by atoms with E-state index in [9.17, 15) is 19.6 Å². The summed E-state index contributed by atoms with van der Waals surface area (Å²) in [7, 11) is 0. The van der Waals surface area contributed by atoms with Crippen LogP contribution in [0.5, 0.6) is 0 Å². The van der Waals surface area contributed by atoms with Gasteiger partial charge in [-0.25, -0.2) is 10.0 Å². The Balaban J connectivity index is 1.55. The highest BCUT2D eigenvalue weighted by Crippen LogP contribution is 2.16. The van der Waals surface area contributed by atoms with Gasteiger partial charge in [-0.3, -0.25) is 19.6 Å². The highest BCUT2D eigenvalue weighted by molar-refractivity contribution is 5.93. The summed E-state index contributed by atoms with van der Waals surface area (Å²) in [5.41, 5.74) is 2.84. The molecule has 0 unspecified atom stereocenters. The maximum atomic E-state index is 12.6. The molecular weight excluding hydrogens is 420 g/mol. The third-order valence-electron chi connectivity index (χ3n) is 5.09. The van der Waals surface area contributed by atoms with Gasteiger partial charge < -0.3 is 10.6 Å². The lowest BCUT2D eigenvalue weighted by Crippen LogP contribution is -2.43. The maximum Gasteiger partial charge on any atom is 0.271 e. The number of rotatable bonds is 11. The Labute approximate surface area is 192 Å². The van der Waals surface area contributed by atoms with E-state index in [1.165, 1.54) is 0 Å². The molecule has 1 heterocycles. The van der Waals surface area contributed by atoms with Gasteiger partial charge in [0.2, 0.25) is 12.3 Å². The van der Waals surface area contributed by atoms with Gasteiger partial charge in [-0.2, -0.15) is 0 Å². The number of nitrogens with zero attached hydrogens (tertiary/aromatic N) is 2. The van der Waals surface area contributed by atoms with Gasteiger partial charge in [0, 0.05) is 5.56 Å². The van der Waals surface area contributed by atoms with E-state index in [-0.39, 0.29) is 31.2 Å². The average Bonchev–Trinajstić information content (AvgIpc) is 2.87. The lowest BCUT2D eigenvalue weighted by Gasteiger charge is -2.19. The van der Waals surface area contributed by atoms with Crippen molar-refractivity contribution in [1.29, 1.82) is 0 Å². The Bertz CT molecular complexity index is 1060. The molecule has 0 aliphatic heterocycles. The van der Waals surface area contributed by atoms with Crippen LogP contribution in [0, 0.1) is 5.92 Å². The molecule has 3 rings (SSSR count). The first kappa shape index (κ1) is 23.6. The second kappa shape index (κ2) is 12.1. The Morgan fingerprint density at radius 3 is 2.33 bits per heavy atom. The van der Waals surface area contributed by atoms with E-state index >= 15 is 0 Å². The van der Waals surface area contributed by atoms with E-state index in [1.54, 1.807) is 12.1 Å². The van der Waals surface area contributed by atoms with Gasteiger partial charge in [0.15, 0.2) is 0 Å². The zero-order valence-corrected chi connectivity index (χ0v) is 18.1. The van der Waals surface area contributed by atoms with Crippen LogP contribution >= 0.6 is 0 Å². The van der Waals surface area contributed by atoms with Gasteiger partial charge in [0.25, 0.3) is 5.91 Å². The van der Waals surface area contributed by atoms with Crippen LogP contribution in [0.15, 0.2) is 78.9 Å². The molecule has 1 aromatic heterocycles. The van der Waals surface area contributed by atoms with Gasteiger partial charge in [0.05, 0.1) is 24.8 Å². The number of hydrogen-bond acceptors (Lipinski definition) is 5. The van der Waals surface area contributed by atoms with Crippen molar-refractivity contribution in [3.8, 4) is 11.3 Å². The lowest BCUT2D eigenvalue weighted by atomic mass is 9.98. The largest absolute Gasteiger partial charge is 0.338 e. The van der Waals surface area contributed by atoms with Crippen molar-refractivity contribution in [2.45, 2.75) is 12.8 Å². The van der Waals surface area contributed by atoms with E-state index < -0.39 is 11.8 Å². The molecule has 3 N–H and O–H groups in total. The molecule has 0 spiro atoms. The molecule has 0 saturated heterocycles. The maximum absolute atomic E-state index is 12.6. The Kier molecular flexibility index (Phi) is 8.67.